The van der Waals surface area contributed by atoms with Crippen LogP contribution < -0.4 is 10.8 Å². The average Bonchev–Trinajstić information content (AvgIpc) is 2.98. The molecule has 0 atom stereocenters. The van der Waals surface area contributed by atoms with Crippen molar-refractivity contribution in [1.82, 2.24) is 4.57 Å². The minimum Gasteiger partial charge on any atom is -0.494 e. The lowest BCUT2D eigenvalue weighted by molar-refractivity contribution is 0.406. The second-order valence-corrected chi connectivity index (χ2v) is 10.7. The van der Waals surface area contributed by atoms with E-state index in [1.54, 1.807) is 4.57 Å². The van der Waals surface area contributed by atoms with Crippen LogP contribution in [0.15, 0.2) is 89.7 Å². The molecule has 1 aromatic heterocycles. The Hall–Kier alpha value is -3.85. The fourth-order valence-corrected chi connectivity index (χ4v) is 5.73. The third-order valence-electron chi connectivity index (χ3n) is 7.90. The van der Waals surface area contributed by atoms with Gasteiger partial charge in [0.05, 0.1) is 10.8 Å². The third kappa shape index (κ3) is 6.09. The lowest BCUT2D eigenvalue weighted by Gasteiger charge is -2.17. The highest BCUT2D eigenvalue weighted by atomic mass is 16.3. The fourth-order valence-electron chi connectivity index (χ4n) is 5.73. The molecule has 4 aromatic carbocycles. The van der Waals surface area contributed by atoms with E-state index >= 15 is 0 Å². The van der Waals surface area contributed by atoms with Gasteiger partial charge in [-0.05, 0) is 53.0 Å². The van der Waals surface area contributed by atoms with Gasteiger partial charge in [-0.25, -0.2) is 0 Å². The van der Waals surface area contributed by atoms with E-state index in [-0.39, 0.29) is 11.4 Å². The minimum atomic E-state index is -0.0672. The van der Waals surface area contributed by atoms with Gasteiger partial charge in [0.1, 0.15) is 0 Å². The number of rotatable bonds is 12. The van der Waals surface area contributed by atoms with Crippen LogP contribution in [0.2, 0.25) is 0 Å². The van der Waals surface area contributed by atoms with E-state index in [2.05, 4.69) is 85.8 Å². The first-order valence-corrected chi connectivity index (χ1v) is 14.5. The zero-order valence-corrected chi connectivity index (χ0v) is 23.0. The molecule has 0 aliphatic heterocycles. The highest BCUT2D eigenvalue weighted by Gasteiger charge is 2.19. The van der Waals surface area contributed by atoms with Crippen molar-refractivity contribution in [2.45, 2.75) is 71.3 Å². The van der Waals surface area contributed by atoms with E-state index in [0.29, 0.717) is 6.54 Å². The van der Waals surface area contributed by atoms with E-state index in [1.165, 1.54) is 36.8 Å². The molecule has 0 radical (unpaired) electrons. The molecule has 0 saturated heterocycles. The quantitative estimate of drug-likeness (QED) is 0.172. The summed E-state index contributed by atoms with van der Waals surface area (Å²) in [5.41, 5.74) is 3.47. The van der Waals surface area contributed by atoms with Crippen LogP contribution in [0.5, 0.6) is 5.88 Å². The molecular weight excluding hydrogens is 478 g/mol. The van der Waals surface area contributed by atoms with E-state index < -0.39 is 0 Å². The Morgan fingerprint density at radius 1 is 0.692 bits per heavy atom. The summed E-state index contributed by atoms with van der Waals surface area (Å²) < 4.78 is 1.64. The zero-order chi connectivity index (χ0) is 27.0. The number of aryl methyl sites for hydroxylation is 2. The molecule has 39 heavy (non-hydrogen) atoms. The number of hydrogen-bond acceptors (Lipinski definition) is 2. The number of hydrogen-bond donors (Lipinski definition) is 1. The van der Waals surface area contributed by atoms with Gasteiger partial charge in [0, 0.05) is 11.9 Å². The summed E-state index contributed by atoms with van der Waals surface area (Å²) in [4.78, 5) is 14.0. The normalized spacial score (nSPS) is 12.1. The molecule has 0 saturated carbocycles. The molecule has 0 fully saturated rings. The molecule has 1 heterocycles. The van der Waals surface area contributed by atoms with Crippen LogP contribution in [0, 0.1) is 0 Å². The molecule has 5 rings (SSSR count). The number of nitrogens with zero attached hydrogens (tertiary/aromatic N) is 1. The number of pyridine rings is 1. The van der Waals surface area contributed by atoms with Crippen LogP contribution >= 0.6 is 0 Å². The van der Waals surface area contributed by atoms with Crippen molar-refractivity contribution >= 4 is 27.6 Å². The van der Waals surface area contributed by atoms with Gasteiger partial charge in [-0.2, -0.15) is 0 Å². The summed E-state index contributed by atoms with van der Waals surface area (Å²) in [5, 5.41) is 16.0. The molecule has 0 bridgehead atoms. The maximum atomic E-state index is 14.0. The maximum Gasteiger partial charge on any atom is 0.261 e. The SMILES string of the molecule is CCCCCCCCn1c(O)c2c(=CCc3ccccc3)ccc3ccc(CCc4ccccc4)c(c1=O)c32. The number of benzene rings is 4. The molecule has 0 aliphatic carbocycles. The largest absolute Gasteiger partial charge is 0.494 e. The molecular formula is C36H39NO2. The highest BCUT2D eigenvalue weighted by molar-refractivity contribution is 6.12. The maximum absolute atomic E-state index is 14.0. The average molecular weight is 518 g/mol. The van der Waals surface area contributed by atoms with Crippen molar-refractivity contribution in [1.29, 1.82) is 0 Å². The van der Waals surface area contributed by atoms with Gasteiger partial charge in [-0.3, -0.25) is 9.36 Å². The van der Waals surface area contributed by atoms with Crippen LogP contribution in [-0.4, -0.2) is 9.67 Å². The number of unbranched alkanes of at least 4 members (excludes halogenated alkanes) is 5. The molecule has 0 amide bonds. The Labute approximate surface area is 231 Å². The van der Waals surface area contributed by atoms with Crippen molar-refractivity contribution in [3.05, 3.63) is 117 Å². The van der Waals surface area contributed by atoms with Gasteiger partial charge >= 0.3 is 0 Å². The molecule has 3 nitrogen and oxygen atoms in total. The monoisotopic (exact) mass is 517 g/mol. The summed E-state index contributed by atoms with van der Waals surface area (Å²) in [5.74, 6) is 0.103. The summed E-state index contributed by atoms with van der Waals surface area (Å²) in [6.45, 7) is 2.76. The molecule has 0 spiro atoms. The van der Waals surface area contributed by atoms with Gasteiger partial charge < -0.3 is 5.11 Å². The molecule has 200 valence electrons. The van der Waals surface area contributed by atoms with Crippen LogP contribution in [0.4, 0.5) is 0 Å². The Kier molecular flexibility index (Phi) is 8.78. The van der Waals surface area contributed by atoms with Crippen molar-refractivity contribution in [2.24, 2.45) is 0 Å². The lowest BCUT2D eigenvalue weighted by Crippen LogP contribution is -2.24. The second kappa shape index (κ2) is 12.8. The lowest BCUT2D eigenvalue weighted by atomic mass is 9.93. The predicted octanol–water partition coefficient (Wildman–Crippen LogP) is 7.75. The van der Waals surface area contributed by atoms with Gasteiger partial charge in [0.2, 0.25) is 5.88 Å². The van der Waals surface area contributed by atoms with Gasteiger partial charge in [-0.1, -0.05) is 130 Å². The topological polar surface area (TPSA) is 42.2 Å². The number of aromatic hydroxyl groups is 1. The van der Waals surface area contributed by atoms with E-state index in [4.69, 9.17) is 0 Å². The van der Waals surface area contributed by atoms with E-state index in [0.717, 1.165) is 64.4 Å². The fraction of sp³-hybridized carbons (Fsp3) is 0.306. The first kappa shape index (κ1) is 26.7. The standard InChI is InChI=1S/C36H39NO2/c1-2-3-4-5-6-13-26-37-35(38)33-30(20-18-27-14-9-7-10-15-27)24-22-29-23-25-31(34(32(29)33)36(37)39)21-19-28-16-11-8-12-17-28/h7-12,14-17,20,22-25,38H,2-6,13,18-19,21,26H2,1H3. The van der Waals surface area contributed by atoms with Crippen molar-refractivity contribution in [3.8, 4) is 5.88 Å². The molecule has 1 N–H and O–H groups in total. The van der Waals surface area contributed by atoms with Crippen LogP contribution in [0.3, 0.4) is 0 Å². The van der Waals surface area contributed by atoms with Crippen LogP contribution in [0.25, 0.3) is 27.6 Å². The van der Waals surface area contributed by atoms with Crippen molar-refractivity contribution in [3.63, 3.8) is 0 Å². The Balaban J connectivity index is 1.61. The second-order valence-electron chi connectivity index (χ2n) is 10.7. The summed E-state index contributed by atoms with van der Waals surface area (Å²) in [7, 11) is 0. The summed E-state index contributed by atoms with van der Waals surface area (Å²) >= 11 is 0. The highest BCUT2D eigenvalue weighted by Crippen LogP contribution is 2.31. The Morgan fingerprint density at radius 3 is 2.10 bits per heavy atom. The smallest absolute Gasteiger partial charge is 0.261 e. The third-order valence-corrected chi connectivity index (χ3v) is 7.90. The van der Waals surface area contributed by atoms with Gasteiger partial charge in [-0.15, -0.1) is 0 Å². The van der Waals surface area contributed by atoms with Gasteiger partial charge in [0.25, 0.3) is 5.56 Å². The first-order valence-electron chi connectivity index (χ1n) is 14.5. The number of aromatic nitrogens is 1. The van der Waals surface area contributed by atoms with Crippen molar-refractivity contribution in [2.75, 3.05) is 0 Å². The first-order chi connectivity index (χ1) is 19.2. The minimum absolute atomic E-state index is 0.0672. The predicted molar refractivity (Wildman–Crippen MR) is 164 cm³/mol. The van der Waals surface area contributed by atoms with E-state index in [9.17, 15) is 9.90 Å². The Morgan fingerprint density at radius 2 is 1.36 bits per heavy atom. The van der Waals surface area contributed by atoms with Crippen LogP contribution in [0.1, 0.15) is 62.1 Å². The molecule has 0 aliphatic rings. The van der Waals surface area contributed by atoms with Crippen LogP contribution in [-0.2, 0) is 25.8 Å². The Bertz CT molecular complexity index is 1630. The van der Waals surface area contributed by atoms with Crippen molar-refractivity contribution < 1.29 is 5.11 Å². The molecule has 3 heteroatoms. The summed E-state index contributed by atoms with van der Waals surface area (Å²) in [6, 6.07) is 29.2. The molecule has 0 unspecified atom stereocenters. The van der Waals surface area contributed by atoms with E-state index in [1.807, 2.05) is 12.1 Å². The molecule has 5 aromatic rings. The van der Waals surface area contributed by atoms with Gasteiger partial charge in [0.15, 0.2) is 0 Å². The summed E-state index contributed by atoms with van der Waals surface area (Å²) in [6.07, 6.45) is 11.4. The zero-order valence-electron chi connectivity index (χ0n) is 23.0.